The average Bonchev–Trinajstić information content (AvgIpc) is 3.36. The number of nitrogens with two attached hydrogens (primary N) is 1. The van der Waals surface area contributed by atoms with Gasteiger partial charge in [-0.05, 0) is 25.5 Å². The summed E-state index contributed by atoms with van der Waals surface area (Å²) < 4.78 is 69.7. The number of hydrogen-bond acceptors (Lipinski definition) is 3. The van der Waals surface area contributed by atoms with Gasteiger partial charge < -0.3 is 10.6 Å². The van der Waals surface area contributed by atoms with Gasteiger partial charge in [0, 0.05) is 29.1 Å². The third-order valence-electron chi connectivity index (χ3n) is 5.71. The lowest BCUT2D eigenvalue weighted by molar-refractivity contribution is -0.129. The van der Waals surface area contributed by atoms with Crippen molar-refractivity contribution in [2.75, 3.05) is 7.05 Å². The third kappa shape index (κ3) is 3.29. The molecule has 3 atom stereocenters. The predicted molar refractivity (Wildman–Crippen MR) is 104 cm³/mol. The van der Waals surface area contributed by atoms with E-state index >= 15 is 0 Å². The maximum atomic E-state index is 14.5. The van der Waals surface area contributed by atoms with E-state index in [0.29, 0.717) is 6.42 Å². The number of halogens is 6. The molecular formula is C20H19ClF5N3O. The van der Waals surface area contributed by atoms with E-state index < -0.39 is 64.3 Å². The van der Waals surface area contributed by atoms with Crippen LogP contribution in [-0.4, -0.2) is 42.3 Å². The highest BCUT2D eigenvalue weighted by molar-refractivity contribution is 6.34. The van der Waals surface area contributed by atoms with Crippen molar-refractivity contribution in [2.45, 2.75) is 38.8 Å². The van der Waals surface area contributed by atoms with E-state index in [-0.39, 0.29) is 10.6 Å². The van der Waals surface area contributed by atoms with Crippen molar-refractivity contribution in [3.8, 4) is 0 Å². The van der Waals surface area contributed by atoms with Crippen molar-refractivity contribution >= 4 is 29.0 Å². The quantitative estimate of drug-likeness (QED) is 0.422. The topological polar surface area (TPSA) is 58.7 Å². The zero-order chi connectivity index (χ0) is 22.5. The lowest BCUT2D eigenvalue weighted by Gasteiger charge is -2.39. The van der Waals surface area contributed by atoms with E-state index in [0.717, 1.165) is 24.1 Å². The van der Waals surface area contributed by atoms with Gasteiger partial charge >= 0.3 is 0 Å². The summed E-state index contributed by atoms with van der Waals surface area (Å²) in [5, 5.41) is 0.171. The summed E-state index contributed by atoms with van der Waals surface area (Å²) in [7, 11) is 0.985. The van der Waals surface area contributed by atoms with Crippen molar-refractivity contribution in [3.63, 3.8) is 0 Å². The second-order valence-corrected chi connectivity index (χ2v) is 7.87. The number of amides is 1. The molecule has 30 heavy (non-hydrogen) atoms. The summed E-state index contributed by atoms with van der Waals surface area (Å²) in [6.07, 6.45) is -2.99. The number of alkyl halides is 2. The van der Waals surface area contributed by atoms with E-state index in [1.165, 1.54) is 13.0 Å². The van der Waals surface area contributed by atoms with E-state index in [1.54, 1.807) is 6.92 Å². The number of hydrogen-bond donors (Lipinski definition) is 1. The second-order valence-electron chi connectivity index (χ2n) is 7.50. The van der Waals surface area contributed by atoms with Gasteiger partial charge in [0.1, 0.15) is 17.2 Å². The lowest BCUT2D eigenvalue weighted by atomic mass is 9.88. The fourth-order valence-corrected chi connectivity index (χ4v) is 4.41. The van der Waals surface area contributed by atoms with Gasteiger partial charge in [-0.25, -0.2) is 17.6 Å². The maximum absolute atomic E-state index is 14.5. The van der Waals surface area contributed by atoms with Gasteiger partial charge in [-0.15, -0.1) is 0 Å². The standard InChI is InChI=1S/C20H19ClF5N3O/c1-8-12(13-9(22)5-4-6-10(13)23)16(21)20(2)7-11(20)29(8)19(30)14(18(26)28-3)15(27)17(24)25/h4-6,8,11,17H,7,27H2,1-3H3. The summed E-state index contributed by atoms with van der Waals surface area (Å²) in [5.41, 5.74) is 1.70. The Hall–Kier alpha value is -2.42. The number of allylic oxidation sites excluding steroid dienone is 1. The van der Waals surface area contributed by atoms with E-state index in [2.05, 4.69) is 4.99 Å². The van der Waals surface area contributed by atoms with Gasteiger partial charge in [0.25, 0.3) is 12.3 Å². The average molecular weight is 448 g/mol. The SMILES string of the molecule is CN=C(F)C(C(=O)N1C(C)C(c2c(F)cccc2F)=C(Cl)C2(C)CC12)=C(N)C(F)F. The third-order valence-corrected chi connectivity index (χ3v) is 6.34. The first-order chi connectivity index (χ1) is 14.0. The molecule has 1 saturated carbocycles. The maximum Gasteiger partial charge on any atom is 0.278 e. The Morgan fingerprint density at radius 1 is 1.33 bits per heavy atom. The molecule has 162 valence electrons. The minimum Gasteiger partial charge on any atom is -0.397 e. The molecule has 10 heteroatoms. The molecule has 1 aromatic carbocycles. The number of rotatable bonds is 4. The molecule has 3 unspecified atom stereocenters. The van der Waals surface area contributed by atoms with Gasteiger partial charge in [0.2, 0.25) is 5.97 Å². The molecule has 1 amide bonds. The Kier molecular flexibility index (Phi) is 5.70. The summed E-state index contributed by atoms with van der Waals surface area (Å²) in [6, 6.07) is 1.65. The van der Waals surface area contributed by atoms with E-state index in [9.17, 15) is 26.7 Å². The number of aliphatic imine (C=N–C) groups is 1. The first kappa shape index (κ1) is 22.3. The van der Waals surface area contributed by atoms with Crippen LogP contribution in [0.3, 0.4) is 0 Å². The Balaban J connectivity index is 2.18. The largest absolute Gasteiger partial charge is 0.397 e. The fraction of sp³-hybridized carbons (Fsp3) is 0.400. The van der Waals surface area contributed by atoms with Crippen molar-refractivity contribution in [1.82, 2.24) is 4.90 Å². The Morgan fingerprint density at radius 2 is 1.90 bits per heavy atom. The monoisotopic (exact) mass is 447 g/mol. The molecule has 2 aliphatic rings. The molecule has 0 radical (unpaired) electrons. The zero-order valence-electron chi connectivity index (χ0n) is 16.3. The Labute approximate surface area is 174 Å². The minimum absolute atomic E-state index is 0.000630. The summed E-state index contributed by atoms with van der Waals surface area (Å²) in [4.78, 5) is 17.5. The van der Waals surface area contributed by atoms with Crippen molar-refractivity contribution in [1.29, 1.82) is 0 Å². The molecular weight excluding hydrogens is 429 g/mol. The molecule has 1 aliphatic heterocycles. The summed E-state index contributed by atoms with van der Waals surface area (Å²) in [6.45, 7) is 3.12. The van der Waals surface area contributed by atoms with Crippen LogP contribution in [0.25, 0.3) is 5.57 Å². The number of nitrogens with zero attached hydrogens (tertiary/aromatic N) is 2. The highest BCUT2D eigenvalue weighted by Gasteiger charge is 2.62. The first-order valence-electron chi connectivity index (χ1n) is 9.05. The van der Waals surface area contributed by atoms with Gasteiger partial charge in [0.15, 0.2) is 0 Å². The zero-order valence-corrected chi connectivity index (χ0v) is 17.1. The van der Waals surface area contributed by atoms with Crippen LogP contribution in [0.15, 0.2) is 39.5 Å². The Bertz CT molecular complexity index is 986. The van der Waals surface area contributed by atoms with Crippen LogP contribution >= 0.6 is 11.6 Å². The number of carbonyl (C=O) groups excluding carboxylic acids is 1. The van der Waals surface area contributed by atoms with Crippen LogP contribution < -0.4 is 5.73 Å². The lowest BCUT2D eigenvalue weighted by Crippen LogP contribution is -2.48. The normalized spacial score (nSPS) is 27.3. The van der Waals surface area contributed by atoms with Crippen molar-refractivity contribution in [2.24, 2.45) is 16.1 Å². The molecule has 0 spiro atoms. The number of carbonyl (C=O) groups is 1. The number of fused-ring (bicyclic) bond motifs is 1. The van der Waals surface area contributed by atoms with Crippen LogP contribution in [-0.2, 0) is 4.79 Å². The molecule has 0 aromatic heterocycles. The minimum atomic E-state index is -3.30. The molecule has 1 aromatic rings. The van der Waals surface area contributed by atoms with Crippen molar-refractivity contribution in [3.05, 3.63) is 51.7 Å². The molecule has 4 nitrogen and oxygen atoms in total. The molecule has 2 N–H and O–H groups in total. The van der Waals surface area contributed by atoms with Gasteiger partial charge in [0.05, 0.1) is 17.3 Å². The molecule has 3 rings (SSSR count). The van der Waals surface area contributed by atoms with Crippen LogP contribution in [0.5, 0.6) is 0 Å². The highest BCUT2D eigenvalue weighted by Crippen LogP contribution is 2.62. The molecule has 1 heterocycles. The van der Waals surface area contributed by atoms with Crippen LogP contribution in [0.2, 0.25) is 0 Å². The predicted octanol–water partition coefficient (Wildman–Crippen LogP) is 4.40. The highest BCUT2D eigenvalue weighted by atomic mass is 35.5. The second kappa shape index (κ2) is 7.68. The van der Waals surface area contributed by atoms with Gasteiger partial charge in [-0.2, -0.15) is 4.39 Å². The van der Waals surface area contributed by atoms with Gasteiger partial charge in [-0.1, -0.05) is 24.6 Å². The number of benzene rings is 1. The van der Waals surface area contributed by atoms with E-state index in [1.807, 2.05) is 0 Å². The van der Waals surface area contributed by atoms with Crippen molar-refractivity contribution < 1.29 is 26.7 Å². The van der Waals surface area contributed by atoms with Crippen LogP contribution in [0.4, 0.5) is 22.0 Å². The molecule has 0 saturated heterocycles. The molecule has 1 aliphatic carbocycles. The summed E-state index contributed by atoms with van der Waals surface area (Å²) >= 11 is 6.50. The van der Waals surface area contributed by atoms with Crippen LogP contribution in [0, 0.1) is 17.0 Å². The van der Waals surface area contributed by atoms with E-state index in [4.69, 9.17) is 17.3 Å². The first-order valence-corrected chi connectivity index (χ1v) is 9.42. The summed E-state index contributed by atoms with van der Waals surface area (Å²) in [5.74, 6) is -4.38. The van der Waals surface area contributed by atoms with Gasteiger partial charge in [-0.3, -0.25) is 9.79 Å². The smallest absolute Gasteiger partial charge is 0.278 e. The molecule has 1 fully saturated rings. The molecule has 0 bridgehead atoms. The Morgan fingerprint density at radius 3 is 2.40 bits per heavy atom. The fourth-order valence-electron chi connectivity index (χ4n) is 3.96. The van der Waals surface area contributed by atoms with Crippen LogP contribution in [0.1, 0.15) is 25.8 Å².